The molecule has 0 aromatic carbocycles. The number of hydrogen-bond donors (Lipinski definition) is 3. The van der Waals surface area contributed by atoms with Gasteiger partial charge in [0.15, 0.2) is 0 Å². The molecule has 1 heterocycles. The first kappa shape index (κ1) is 16.4. The number of aliphatic hydroxyl groups is 1. The molecule has 0 aliphatic rings. The normalized spacial score (nSPS) is 13.7. The summed E-state index contributed by atoms with van der Waals surface area (Å²) in [5.74, 6) is 1.69. The number of nitrogens with one attached hydrogen (secondary N) is 2. The Hall–Kier alpha value is -1.63. The first-order valence-corrected chi connectivity index (χ1v) is 7.04. The first-order chi connectivity index (χ1) is 9.42. The Morgan fingerprint density at radius 2 is 1.80 bits per heavy atom. The van der Waals surface area contributed by atoms with Crippen molar-refractivity contribution in [2.75, 3.05) is 36.2 Å². The van der Waals surface area contributed by atoms with E-state index in [1.54, 1.807) is 6.92 Å². The summed E-state index contributed by atoms with van der Waals surface area (Å²) in [5.41, 5.74) is 0. The van der Waals surface area contributed by atoms with Gasteiger partial charge < -0.3 is 20.6 Å². The average molecular weight is 282 g/mol. The van der Waals surface area contributed by atoms with Gasteiger partial charge in [-0.2, -0.15) is 15.0 Å². The third kappa shape index (κ3) is 5.56. The molecule has 0 saturated carbocycles. The number of hydrogen-bond acceptors (Lipinski definition) is 7. The van der Waals surface area contributed by atoms with Gasteiger partial charge in [-0.3, -0.25) is 0 Å². The molecule has 0 spiro atoms. The molecule has 20 heavy (non-hydrogen) atoms. The molecule has 0 fully saturated rings. The minimum absolute atomic E-state index is 0.0893. The lowest BCUT2D eigenvalue weighted by Gasteiger charge is -2.18. The summed E-state index contributed by atoms with van der Waals surface area (Å²) in [4.78, 5) is 14.9. The molecule has 7 nitrogen and oxygen atoms in total. The molecule has 7 heteroatoms. The predicted octanol–water partition coefficient (Wildman–Crippen LogP) is 1.33. The maximum absolute atomic E-state index is 9.40. The third-order valence-electron chi connectivity index (χ3n) is 2.63. The van der Waals surface area contributed by atoms with Crippen LogP contribution in [0.2, 0.25) is 0 Å². The number of aromatic nitrogens is 3. The van der Waals surface area contributed by atoms with Crippen molar-refractivity contribution in [2.45, 2.75) is 45.8 Å². The van der Waals surface area contributed by atoms with E-state index < -0.39 is 0 Å². The summed E-state index contributed by atoms with van der Waals surface area (Å²) >= 11 is 0. The van der Waals surface area contributed by atoms with Crippen LogP contribution in [0.15, 0.2) is 0 Å². The van der Waals surface area contributed by atoms with Crippen LogP contribution in [0.1, 0.15) is 33.6 Å². The second kappa shape index (κ2) is 7.84. The SMILES string of the molecule is CCCNc1nc(NC(C)CC(C)O)nc(N(C)C)n1. The van der Waals surface area contributed by atoms with E-state index in [9.17, 15) is 5.11 Å². The molecular weight excluding hydrogens is 256 g/mol. The number of nitrogens with zero attached hydrogens (tertiary/aromatic N) is 4. The van der Waals surface area contributed by atoms with Crippen molar-refractivity contribution >= 4 is 17.8 Å². The van der Waals surface area contributed by atoms with Crippen molar-refractivity contribution in [2.24, 2.45) is 0 Å². The predicted molar refractivity (Wildman–Crippen MR) is 82.3 cm³/mol. The summed E-state index contributed by atoms with van der Waals surface area (Å²) in [5, 5.41) is 15.8. The summed E-state index contributed by atoms with van der Waals surface area (Å²) in [6, 6.07) is 0.0893. The van der Waals surface area contributed by atoms with Gasteiger partial charge in [-0.05, 0) is 26.7 Å². The van der Waals surface area contributed by atoms with Crippen LogP contribution in [0.25, 0.3) is 0 Å². The Balaban J connectivity index is 2.85. The van der Waals surface area contributed by atoms with E-state index in [-0.39, 0.29) is 12.1 Å². The minimum atomic E-state index is -0.356. The zero-order valence-electron chi connectivity index (χ0n) is 13.0. The van der Waals surface area contributed by atoms with Crippen molar-refractivity contribution in [3.63, 3.8) is 0 Å². The molecule has 0 radical (unpaired) electrons. The smallest absolute Gasteiger partial charge is 0.231 e. The van der Waals surface area contributed by atoms with E-state index in [2.05, 4.69) is 32.5 Å². The highest BCUT2D eigenvalue weighted by Gasteiger charge is 2.11. The molecule has 114 valence electrons. The zero-order chi connectivity index (χ0) is 15.1. The molecule has 1 rings (SSSR count). The zero-order valence-corrected chi connectivity index (χ0v) is 13.0. The summed E-state index contributed by atoms with van der Waals surface area (Å²) in [6.07, 6.45) is 1.29. The van der Waals surface area contributed by atoms with Crippen molar-refractivity contribution in [3.8, 4) is 0 Å². The highest BCUT2D eigenvalue weighted by atomic mass is 16.3. The van der Waals surface area contributed by atoms with Crippen LogP contribution in [-0.4, -0.2) is 52.8 Å². The van der Waals surface area contributed by atoms with Crippen LogP contribution in [0.5, 0.6) is 0 Å². The van der Waals surface area contributed by atoms with E-state index in [4.69, 9.17) is 0 Å². The van der Waals surface area contributed by atoms with E-state index >= 15 is 0 Å². The topological polar surface area (TPSA) is 86.2 Å². The Labute approximate surface area is 120 Å². The molecule has 0 saturated heterocycles. The Bertz CT molecular complexity index is 410. The molecule has 0 aliphatic carbocycles. The van der Waals surface area contributed by atoms with Crippen LogP contribution in [-0.2, 0) is 0 Å². The molecule has 3 N–H and O–H groups in total. The number of rotatable bonds is 8. The molecule has 2 atom stereocenters. The van der Waals surface area contributed by atoms with E-state index in [0.717, 1.165) is 13.0 Å². The van der Waals surface area contributed by atoms with Crippen molar-refractivity contribution in [1.29, 1.82) is 0 Å². The van der Waals surface area contributed by atoms with Crippen LogP contribution >= 0.6 is 0 Å². The summed E-state index contributed by atoms with van der Waals surface area (Å²) < 4.78 is 0. The van der Waals surface area contributed by atoms with Gasteiger partial charge in [0, 0.05) is 26.7 Å². The second-order valence-electron chi connectivity index (χ2n) is 5.23. The van der Waals surface area contributed by atoms with Crippen LogP contribution in [0.3, 0.4) is 0 Å². The molecule has 2 unspecified atom stereocenters. The highest BCUT2D eigenvalue weighted by Crippen LogP contribution is 2.13. The van der Waals surface area contributed by atoms with Crippen molar-refractivity contribution in [1.82, 2.24) is 15.0 Å². The molecule has 0 amide bonds. The minimum Gasteiger partial charge on any atom is -0.393 e. The van der Waals surface area contributed by atoms with Crippen LogP contribution < -0.4 is 15.5 Å². The van der Waals surface area contributed by atoms with E-state index in [1.165, 1.54) is 0 Å². The molecule has 1 aromatic heterocycles. The Kier molecular flexibility index (Phi) is 6.44. The fraction of sp³-hybridized carbons (Fsp3) is 0.769. The highest BCUT2D eigenvalue weighted by molar-refractivity contribution is 5.43. The summed E-state index contributed by atoms with van der Waals surface area (Å²) in [6.45, 7) is 6.67. The summed E-state index contributed by atoms with van der Waals surface area (Å²) in [7, 11) is 3.78. The number of aliphatic hydroxyl groups excluding tert-OH is 1. The first-order valence-electron chi connectivity index (χ1n) is 7.04. The molecule has 1 aromatic rings. The fourth-order valence-electron chi connectivity index (χ4n) is 1.74. The monoisotopic (exact) mass is 282 g/mol. The lowest BCUT2D eigenvalue weighted by molar-refractivity contribution is 0.179. The van der Waals surface area contributed by atoms with Gasteiger partial charge >= 0.3 is 0 Å². The van der Waals surface area contributed by atoms with Crippen molar-refractivity contribution < 1.29 is 5.11 Å². The maximum atomic E-state index is 9.40. The largest absolute Gasteiger partial charge is 0.393 e. The number of anilines is 3. The second-order valence-corrected chi connectivity index (χ2v) is 5.23. The van der Waals surface area contributed by atoms with Gasteiger partial charge in [0.05, 0.1) is 6.10 Å². The van der Waals surface area contributed by atoms with Gasteiger partial charge in [0.25, 0.3) is 0 Å². The fourth-order valence-corrected chi connectivity index (χ4v) is 1.74. The molecule has 0 bridgehead atoms. The quantitative estimate of drug-likeness (QED) is 0.663. The third-order valence-corrected chi connectivity index (χ3v) is 2.63. The standard InChI is InChI=1S/C13H26N6O/c1-6-7-14-11-16-12(15-9(2)8-10(3)20)18-13(17-11)19(4)5/h9-10,20H,6-8H2,1-5H3,(H2,14,15,16,17,18). The van der Waals surface area contributed by atoms with Gasteiger partial charge in [0.2, 0.25) is 17.8 Å². The Morgan fingerprint density at radius 3 is 2.35 bits per heavy atom. The molecule has 0 aliphatic heterocycles. The van der Waals surface area contributed by atoms with E-state index in [0.29, 0.717) is 24.3 Å². The molecular formula is C13H26N6O. The van der Waals surface area contributed by atoms with Crippen molar-refractivity contribution in [3.05, 3.63) is 0 Å². The van der Waals surface area contributed by atoms with Crippen LogP contribution in [0.4, 0.5) is 17.8 Å². The average Bonchev–Trinajstić information content (AvgIpc) is 2.34. The van der Waals surface area contributed by atoms with E-state index in [1.807, 2.05) is 25.9 Å². The lowest BCUT2D eigenvalue weighted by Crippen LogP contribution is -2.24. The van der Waals surface area contributed by atoms with Crippen LogP contribution in [0, 0.1) is 0 Å². The Morgan fingerprint density at radius 1 is 1.15 bits per heavy atom. The van der Waals surface area contributed by atoms with Gasteiger partial charge in [-0.25, -0.2) is 0 Å². The van der Waals surface area contributed by atoms with Gasteiger partial charge in [-0.1, -0.05) is 6.92 Å². The maximum Gasteiger partial charge on any atom is 0.231 e. The van der Waals surface area contributed by atoms with Gasteiger partial charge in [0.1, 0.15) is 0 Å². The van der Waals surface area contributed by atoms with Gasteiger partial charge in [-0.15, -0.1) is 0 Å². The lowest BCUT2D eigenvalue weighted by atomic mass is 10.2.